The molecule has 0 saturated carbocycles. The Balaban J connectivity index is 1.60. The van der Waals surface area contributed by atoms with Crippen LogP contribution in [0.2, 0.25) is 0 Å². The highest BCUT2D eigenvalue weighted by Crippen LogP contribution is 2.52. The molecular weight excluding hydrogens is 368 g/mol. The smallest absolute Gasteiger partial charge is 0.297 e. The van der Waals surface area contributed by atoms with Crippen LogP contribution in [0.5, 0.6) is 0 Å². The Morgan fingerprint density at radius 2 is 1.73 bits per heavy atom. The Morgan fingerprint density at radius 3 is 2.45 bits per heavy atom. The van der Waals surface area contributed by atoms with E-state index >= 15 is 0 Å². The first-order valence-electron chi connectivity index (χ1n) is 6.98. The van der Waals surface area contributed by atoms with E-state index in [1.54, 1.807) is 12.1 Å². The van der Waals surface area contributed by atoms with E-state index in [1.807, 2.05) is 24.3 Å². The van der Waals surface area contributed by atoms with Crippen molar-refractivity contribution >= 4 is 26.0 Å². The molecule has 2 aliphatic heterocycles. The summed E-state index contributed by atoms with van der Waals surface area (Å²) in [6.45, 7) is 0. The lowest BCUT2D eigenvalue weighted by Gasteiger charge is -2.21. The van der Waals surface area contributed by atoms with Gasteiger partial charge in [0.2, 0.25) is 0 Å². The first-order valence-corrected chi connectivity index (χ1v) is 9.18. The Kier molecular flexibility index (Phi) is 3.38. The molecule has 2 bridgehead atoms. The van der Waals surface area contributed by atoms with Crippen LogP contribution in [0.3, 0.4) is 0 Å². The summed E-state index contributed by atoms with van der Waals surface area (Å²) in [5.74, 6) is 0. The SMILES string of the molecule is O=S(=O)(O[C@@H]1C[C@@H]2O[C@@H]1c1ccccc12)c1ccc(Br)cc1. The number of benzene rings is 2. The van der Waals surface area contributed by atoms with Crippen molar-refractivity contribution < 1.29 is 17.3 Å². The maximum absolute atomic E-state index is 12.4. The highest BCUT2D eigenvalue weighted by Gasteiger charge is 2.47. The van der Waals surface area contributed by atoms with Gasteiger partial charge in [-0.15, -0.1) is 0 Å². The number of halogens is 1. The number of fused-ring (bicyclic) bond motifs is 5. The van der Waals surface area contributed by atoms with Gasteiger partial charge in [-0.3, -0.25) is 4.18 Å². The first kappa shape index (κ1) is 14.4. The molecule has 6 heteroatoms. The van der Waals surface area contributed by atoms with Gasteiger partial charge in [0.1, 0.15) is 12.2 Å². The third-order valence-electron chi connectivity index (χ3n) is 4.10. The number of rotatable bonds is 3. The molecule has 0 spiro atoms. The van der Waals surface area contributed by atoms with Crippen molar-refractivity contribution in [2.75, 3.05) is 0 Å². The van der Waals surface area contributed by atoms with Crippen molar-refractivity contribution in [1.29, 1.82) is 0 Å². The fraction of sp³-hybridized carbons (Fsp3) is 0.250. The zero-order chi connectivity index (χ0) is 15.3. The second-order valence-corrected chi connectivity index (χ2v) is 7.94. The fourth-order valence-electron chi connectivity index (χ4n) is 3.10. The predicted octanol–water partition coefficient (Wildman–Crippen LogP) is 3.74. The molecule has 0 amide bonds. The molecule has 3 atom stereocenters. The zero-order valence-electron chi connectivity index (χ0n) is 11.5. The predicted molar refractivity (Wildman–Crippen MR) is 83.8 cm³/mol. The summed E-state index contributed by atoms with van der Waals surface area (Å²) in [6, 6.07) is 14.3. The summed E-state index contributed by atoms with van der Waals surface area (Å²) in [5.41, 5.74) is 2.18. The van der Waals surface area contributed by atoms with E-state index in [1.165, 1.54) is 12.1 Å². The van der Waals surface area contributed by atoms with Crippen LogP contribution in [0.25, 0.3) is 0 Å². The third kappa shape index (κ3) is 2.31. The quantitative estimate of drug-likeness (QED) is 0.761. The Hall–Kier alpha value is -1.21. The molecule has 0 unspecified atom stereocenters. The van der Waals surface area contributed by atoms with Gasteiger partial charge in [0.15, 0.2) is 0 Å². The lowest BCUT2D eigenvalue weighted by Crippen LogP contribution is -2.23. The normalized spacial score (nSPS) is 26.1. The highest BCUT2D eigenvalue weighted by atomic mass is 79.9. The van der Waals surface area contributed by atoms with E-state index in [4.69, 9.17) is 8.92 Å². The standard InChI is InChI=1S/C16H13BrO4S/c17-10-5-7-11(8-6-10)22(18,19)21-15-9-14-12-3-1-2-4-13(12)16(15)20-14/h1-8,14-16H,9H2/t14-,15+,16+/m0/s1. The van der Waals surface area contributed by atoms with Gasteiger partial charge in [0.05, 0.1) is 11.0 Å². The van der Waals surface area contributed by atoms with Crippen LogP contribution in [0.1, 0.15) is 29.8 Å². The van der Waals surface area contributed by atoms with Gasteiger partial charge in [-0.2, -0.15) is 8.42 Å². The van der Waals surface area contributed by atoms with Gasteiger partial charge in [0, 0.05) is 10.9 Å². The first-order chi connectivity index (χ1) is 10.5. The van der Waals surface area contributed by atoms with Crippen LogP contribution < -0.4 is 0 Å². The van der Waals surface area contributed by atoms with E-state index < -0.39 is 16.2 Å². The fourth-order valence-corrected chi connectivity index (χ4v) is 4.45. The van der Waals surface area contributed by atoms with E-state index in [-0.39, 0.29) is 17.1 Å². The van der Waals surface area contributed by atoms with Crippen molar-refractivity contribution in [3.05, 3.63) is 64.1 Å². The number of hydrogen-bond acceptors (Lipinski definition) is 4. The summed E-state index contributed by atoms with van der Waals surface area (Å²) < 4.78 is 36.9. The summed E-state index contributed by atoms with van der Waals surface area (Å²) >= 11 is 3.29. The highest BCUT2D eigenvalue weighted by molar-refractivity contribution is 9.10. The van der Waals surface area contributed by atoms with E-state index in [0.717, 1.165) is 15.6 Å². The molecule has 4 rings (SSSR count). The van der Waals surface area contributed by atoms with E-state index in [2.05, 4.69) is 15.9 Å². The molecule has 114 valence electrons. The van der Waals surface area contributed by atoms with Crippen molar-refractivity contribution in [2.45, 2.75) is 29.6 Å². The van der Waals surface area contributed by atoms with Gasteiger partial charge in [-0.05, 0) is 35.4 Å². The minimum atomic E-state index is -3.79. The molecule has 2 heterocycles. The van der Waals surface area contributed by atoms with Gasteiger partial charge in [-0.1, -0.05) is 40.2 Å². The van der Waals surface area contributed by atoms with Gasteiger partial charge < -0.3 is 4.74 Å². The van der Waals surface area contributed by atoms with E-state index in [9.17, 15) is 8.42 Å². The minimum Gasteiger partial charge on any atom is -0.363 e. The van der Waals surface area contributed by atoms with Crippen LogP contribution in [-0.4, -0.2) is 14.5 Å². The lowest BCUT2D eigenvalue weighted by atomic mass is 9.90. The summed E-state index contributed by atoms with van der Waals surface area (Å²) in [5, 5.41) is 0. The molecule has 4 nitrogen and oxygen atoms in total. The molecule has 2 aromatic rings. The Bertz CT molecular complexity index is 816. The molecular formula is C16H13BrO4S. The van der Waals surface area contributed by atoms with Crippen molar-refractivity contribution in [3.63, 3.8) is 0 Å². The summed E-state index contributed by atoms with van der Waals surface area (Å²) in [4.78, 5) is 0.159. The van der Waals surface area contributed by atoms with Crippen LogP contribution in [0, 0.1) is 0 Å². The van der Waals surface area contributed by atoms with Crippen LogP contribution in [-0.2, 0) is 19.0 Å². The molecule has 2 aromatic carbocycles. The number of ether oxygens (including phenoxy) is 1. The molecule has 0 radical (unpaired) electrons. The largest absolute Gasteiger partial charge is 0.363 e. The molecule has 2 aliphatic rings. The molecule has 0 N–H and O–H groups in total. The van der Waals surface area contributed by atoms with Gasteiger partial charge in [-0.25, -0.2) is 0 Å². The van der Waals surface area contributed by atoms with Crippen LogP contribution >= 0.6 is 15.9 Å². The van der Waals surface area contributed by atoms with Crippen molar-refractivity contribution in [3.8, 4) is 0 Å². The average Bonchev–Trinajstić information content (AvgIpc) is 3.06. The van der Waals surface area contributed by atoms with Crippen molar-refractivity contribution in [2.24, 2.45) is 0 Å². The molecule has 0 aliphatic carbocycles. The molecule has 1 saturated heterocycles. The maximum atomic E-state index is 12.4. The van der Waals surface area contributed by atoms with Gasteiger partial charge >= 0.3 is 0 Å². The monoisotopic (exact) mass is 380 g/mol. The topological polar surface area (TPSA) is 52.6 Å². The lowest BCUT2D eigenvalue weighted by molar-refractivity contribution is 0.0397. The minimum absolute atomic E-state index is 0.0636. The second kappa shape index (κ2) is 5.16. The molecule has 22 heavy (non-hydrogen) atoms. The summed E-state index contributed by atoms with van der Waals surface area (Å²) in [6.07, 6.45) is -0.261. The van der Waals surface area contributed by atoms with E-state index in [0.29, 0.717) is 6.42 Å². The molecule has 1 fully saturated rings. The van der Waals surface area contributed by atoms with Crippen LogP contribution in [0.15, 0.2) is 57.9 Å². The average molecular weight is 381 g/mol. The molecule has 0 aromatic heterocycles. The van der Waals surface area contributed by atoms with Crippen LogP contribution in [0.4, 0.5) is 0 Å². The third-order valence-corrected chi connectivity index (χ3v) is 5.98. The van der Waals surface area contributed by atoms with Gasteiger partial charge in [0.25, 0.3) is 10.1 Å². The van der Waals surface area contributed by atoms with Crippen molar-refractivity contribution in [1.82, 2.24) is 0 Å². The number of hydrogen-bond donors (Lipinski definition) is 0. The summed E-state index contributed by atoms with van der Waals surface area (Å²) in [7, 11) is -3.79. The second-order valence-electron chi connectivity index (χ2n) is 5.45. The Morgan fingerprint density at radius 1 is 1.05 bits per heavy atom. The Labute approximate surface area is 137 Å². The maximum Gasteiger partial charge on any atom is 0.297 e. The zero-order valence-corrected chi connectivity index (χ0v) is 13.9.